The summed E-state index contributed by atoms with van der Waals surface area (Å²) in [5.74, 6) is 0. The molecule has 3 aromatic carbocycles. The largest absolute Gasteiger partial charge is 0.399 e. The van der Waals surface area contributed by atoms with Gasteiger partial charge in [-0.3, -0.25) is 0 Å². The van der Waals surface area contributed by atoms with E-state index in [9.17, 15) is 0 Å². The fourth-order valence-electron chi connectivity index (χ4n) is 1.96. The summed E-state index contributed by atoms with van der Waals surface area (Å²) in [4.78, 5) is 4.77. The molecule has 0 aliphatic heterocycles. The lowest BCUT2D eigenvalue weighted by atomic mass is 10.3. The van der Waals surface area contributed by atoms with Crippen LogP contribution in [0.4, 0.5) is 5.69 Å². The molecule has 3 rings (SSSR count). The van der Waals surface area contributed by atoms with Gasteiger partial charge in [-0.1, -0.05) is 59.9 Å². The second kappa shape index (κ2) is 6.74. The zero-order chi connectivity index (χ0) is 14.5. The Bertz CT molecular complexity index is 652. The predicted molar refractivity (Wildman–Crippen MR) is 92.0 cm³/mol. The van der Waals surface area contributed by atoms with Crippen LogP contribution in [0.5, 0.6) is 0 Å². The number of nitrogens with two attached hydrogens (primary N) is 1. The molecular formula is C18H15NS2. The van der Waals surface area contributed by atoms with Gasteiger partial charge in [-0.05, 0) is 42.5 Å². The second-order valence-corrected chi connectivity index (χ2v) is 6.86. The number of benzene rings is 3. The maximum Gasteiger partial charge on any atom is 0.0336 e. The Morgan fingerprint density at radius 3 is 1.38 bits per heavy atom. The third-order valence-electron chi connectivity index (χ3n) is 2.86. The molecule has 0 bridgehead atoms. The molecule has 0 unspecified atom stereocenters. The van der Waals surface area contributed by atoms with Gasteiger partial charge in [-0.25, -0.2) is 0 Å². The topological polar surface area (TPSA) is 26.0 Å². The first-order valence-electron chi connectivity index (χ1n) is 6.66. The molecule has 2 N–H and O–H groups in total. The molecule has 0 atom stereocenters. The number of anilines is 1. The van der Waals surface area contributed by atoms with Crippen molar-refractivity contribution in [1.82, 2.24) is 0 Å². The average Bonchev–Trinajstić information content (AvgIpc) is 2.48. The summed E-state index contributed by atoms with van der Waals surface area (Å²) in [5, 5.41) is 0. The minimum Gasteiger partial charge on any atom is -0.399 e. The minimum atomic E-state index is 0.800. The van der Waals surface area contributed by atoms with Gasteiger partial charge in [0.15, 0.2) is 0 Å². The molecular weight excluding hydrogens is 294 g/mol. The maximum atomic E-state index is 6.04. The fourth-order valence-corrected chi connectivity index (χ4v) is 3.93. The Kier molecular flexibility index (Phi) is 4.53. The first-order chi connectivity index (χ1) is 10.3. The molecule has 0 aromatic heterocycles. The Morgan fingerprint density at radius 1 is 0.524 bits per heavy atom. The van der Waals surface area contributed by atoms with Crippen molar-refractivity contribution in [3.05, 3.63) is 78.9 Å². The van der Waals surface area contributed by atoms with E-state index in [4.69, 9.17) is 5.73 Å². The lowest BCUT2D eigenvalue weighted by Gasteiger charge is -2.07. The summed E-state index contributed by atoms with van der Waals surface area (Å²) in [6.07, 6.45) is 0. The summed E-state index contributed by atoms with van der Waals surface area (Å²) >= 11 is 3.47. The van der Waals surface area contributed by atoms with E-state index in [1.54, 1.807) is 23.5 Å². The van der Waals surface area contributed by atoms with Gasteiger partial charge >= 0.3 is 0 Å². The molecule has 0 aliphatic carbocycles. The first kappa shape index (κ1) is 14.1. The van der Waals surface area contributed by atoms with E-state index >= 15 is 0 Å². The highest BCUT2D eigenvalue weighted by molar-refractivity contribution is 8.00. The Morgan fingerprint density at radius 2 is 0.952 bits per heavy atom. The highest BCUT2D eigenvalue weighted by Crippen LogP contribution is 2.35. The molecule has 0 saturated carbocycles. The minimum absolute atomic E-state index is 0.800. The van der Waals surface area contributed by atoms with Gasteiger partial charge in [0.2, 0.25) is 0 Å². The van der Waals surface area contributed by atoms with Gasteiger partial charge in [0, 0.05) is 25.3 Å². The van der Waals surface area contributed by atoms with Crippen molar-refractivity contribution in [1.29, 1.82) is 0 Å². The third kappa shape index (κ3) is 4.06. The van der Waals surface area contributed by atoms with Crippen LogP contribution in [0.3, 0.4) is 0 Å². The number of rotatable bonds is 4. The van der Waals surface area contributed by atoms with E-state index in [1.165, 1.54) is 19.6 Å². The van der Waals surface area contributed by atoms with Crippen molar-refractivity contribution >= 4 is 29.2 Å². The standard InChI is InChI=1S/C18H15NS2/c19-14-11-17(20-15-7-3-1-4-8-15)13-18(12-14)21-16-9-5-2-6-10-16/h1-13H,19H2. The quantitative estimate of drug-likeness (QED) is 0.638. The van der Waals surface area contributed by atoms with Crippen LogP contribution in [0.15, 0.2) is 98.4 Å². The van der Waals surface area contributed by atoms with Crippen LogP contribution in [0, 0.1) is 0 Å². The highest BCUT2D eigenvalue weighted by Gasteiger charge is 2.03. The monoisotopic (exact) mass is 309 g/mol. The molecule has 0 fully saturated rings. The van der Waals surface area contributed by atoms with E-state index in [-0.39, 0.29) is 0 Å². The van der Waals surface area contributed by atoms with Gasteiger partial charge in [0.1, 0.15) is 0 Å². The summed E-state index contributed by atoms with van der Waals surface area (Å²) in [5.41, 5.74) is 6.84. The number of hydrogen-bond donors (Lipinski definition) is 1. The van der Waals surface area contributed by atoms with Crippen LogP contribution >= 0.6 is 23.5 Å². The van der Waals surface area contributed by atoms with Crippen LogP contribution in [0.25, 0.3) is 0 Å². The smallest absolute Gasteiger partial charge is 0.0336 e. The van der Waals surface area contributed by atoms with E-state index in [1.807, 2.05) is 48.5 Å². The molecule has 3 heteroatoms. The van der Waals surface area contributed by atoms with Crippen molar-refractivity contribution in [2.75, 3.05) is 5.73 Å². The SMILES string of the molecule is Nc1cc(Sc2ccccc2)cc(Sc2ccccc2)c1. The summed E-state index contributed by atoms with van der Waals surface area (Å²) < 4.78 is 0. The first-order valence-corrected chi connectivity index (χ1v) is 8.29. The van der Waals surface area contributed by atoms with Crippen molar-refractivity contribution in [3.63, 3.8) is 0 Å². The Labute approximate surface area is 133 Å². The normalized spacial score (nSPS) is 10.5. The van der Waals surface area contributed by atoms with Crippen molar-refractivity contribution in [2.45, 2.75) is 19.6 Å². The zero-order valence-corrected chi connectivity index (χ0v) is 13.0. The lowest BCUT2D eigenvalue weighted by molar-refractivity contribution is 1.31. The number of nitrogen functional groups attached to an aromatic ring is 1. The summed E-state index contributed by atoms with van der Waals surface area (Å²) in [7, 11) is 0. The summed E-state index contributed by atoms with van der Waals surface area (Å²) in [6.45, 7) is 0. The lowest BCUT2D eigenvalue weighted by Crippen LogP contribution is -1.86. The molecule has 0 amide bonds. The van der Waals surface area contributed by atoms with Gasteiger partial charge in [-0.15, -0.1) is 0 Å². The van der Waals surface area contributed by atoms with Crippen LogP contribution in [-0.2, 0) is 0 Å². The van der Waals surface area contributed by atoms with Crippen LogP contribution in [0.2, 0.25) is 0 Å². The number of hydrogen-bond acceptors (Lipinski definition) is 3. The van der Waals surface area contributed by atoms with Gasteiger partial charge < -0.3 is 5.73 Å². The molecule has 0 spiro atoms. The van der Waals surface area contributed by atoms with Crippen LogP contribution in [0.1, 0.15) is 0 Å². The van der Waals surface area contributed by atoms with Gasteiger partial charge in [0.25, 0.3) is 0 Å². The molecule has 21 heavy (non-hydrogen) atoms. The summed E-state index contributed by atoms with van der Waals surface area (Å²) in [6, 6.07) is 26.9. The van der Waals surface area contributed by atoms with E-state index in [2.05, 4.69) is 30.3 Å². The van der Waals surface area contributed by atoms with Gasteiger partial charge in [0.05, 0.1) is 0 Å². The maximum absolute atomic E-state index is 6.04. The highest BCUT2D eigenvalue weighted by atomic mass is 32.2. The Hall–Kier alpha value is -1.84. The third-order valence-corrected chi connectivity index (χ3v) is 4.82. The van der Waals surface area contributed by atoms with Crippen molar-refractivity contribution in [2.24, 2.45) is 0 Å². The molecule has 1 nitrogen and oxygen atoms in total. The van der Waals surface area contributed by atoms with E-state index < -0.39 is 0 Å². The fraction of sp³-hybridized carbons (Fsp3) is 0. The van der Waals surface area contributed by atoms with E-state index in [0.717, 1.165) is 5.69 Å². The molecule has 0 radical (unpaired) electrons. The van der Waals surface area contributed by atoms with Crippen molar-refractivity contribution in [3.8, 4) is 0 Å². The molecule has 3 aromatic rings. The van der Waals surface area contributed by atoms with Gasteiger partial charge in [-0.2, -0.15) is 0 Å². The average molecular weight is 309 g/mol. The van der Waals surface area contributed by atoms with Crippen molar-refractivity contribution < 1.29 is 0 Å². The Balaban J connectivity index is 1.83. The van der Waals surface area contributed by atoms with Crippen LogP contribution in [-0.4, -0.2) is 0 Å². The molecule has 0 saturated heterocycles. The second-order valence-electron chi connectivity index (χ2n) is 4.57. The predicted octanol–water partition coefficient (Wildman–Crippen LogP) is 5.57. The zero-order valence-electron chi connectivity index (χ0n) is 11.4. The molecule has 0 heterocycles. The molecule has 0 aliphatic rings. The molecule has 104 valence electrons. The van der Waals surface area contributed by atoms with E-state index in [0.29, 0.717) is 0 Å². The van der Waals surface area contributed by atoms with Crippen LogP contribution < -0.4 is 5.73 Å².